The normalized spacial score (nSPS) is 23.3. The first kappa shape index (κ1) is 14.4. The molecule has 1 saturated carbocycles. The van der Waals surface area contributed by atoms with Crippen molar-refractivity contribution in [3.63, 3.8) is 0 Å². The first-order valence-corrected chi connectivity index (χ1v) is 5.94. The smallest absolute Gasteiger partial charge is 0.316 e. The van der Waals surface area contributed by atoms with Crippen molar-refractivity contribution < 1.29 is 19.2 Å². The predicted molar refractivity (Wildman–Crippen MR) is 62.3 cm³/mol. The number of nitro groups is 1. The highest BCUT2D eigenvalue weighted by molar-refractivity contribution is 5.84. The molecule has 0 aromatic rings. The Hall–Kier alpha value is -1.66. The van der Waals surface area contributed by atoms with Gasteiger partial charge in [-0.25, -0.2) is 0 Å². The number of nitrogens with zero attached hydrogens (tertiary/aromatic N) is 1. The molecule has 3 atom stereocenters. The van der Waals surface area contributed by atoms with Gasteiger partial charge >= 0.3 is 5.97 Å². The fraction of sp³-hybridized carbons (Fsp3) is 0.818. The Kier molecular flexibility index (Phi) is 4.63. The maximum Gasteiger partial charge on any atom is 0.316 e. The number of hydrogen-bond donors (Lipinski definition) is 1. The van der Waals surface area contributed by atoms with E-state index in [0.717, 1.165) is 0 Å². The third kappa shape index (κ3) is 3.97. The second kappa shape index (κ2) is 5.79. The van der Waals surface area contributed by atoms with E-state index in [1.807, 2.05) is 13.8 Å². The van der Waals surface area contributed by atoms with Crippen LogP contribution in [0.25, 0.3) is 0 Å². The summed E-state index contributed by atoms with van der Waals surface area (Å²) in [5.41, 5.74) is 0. The van der Waals surface area contributed by atoms with Crippen LogP contribution in [-0.4, -0.2) is 35.5 Å². The minimum Gasteiger partial charge on any atom is -0.452 e. The van der Waals surface area contributed by atoms with Crippen LogP contribution in [0.15, 0.2) is 0 Å². The standard InChI is InChI=1S/C11H18N2O5/c1-6(2)5-12-10(14)7(3)18-11(15)8-4-9(8)13(16)17/h6-9H,4-5H2,1-3H3,(H,12,14). The summed E-state index contributed by atoms with van der Waals surface area (Å²) in [6.45, 7) is 5.85. The number of hydrogen-bond acceptors (Lipinski definition) is 5. The fourth-order valence-electron chi connectivity index (χ4n) is 1.43. The van der Waals surface area contributed by atoms with Crippen LogP contribution in [0.1, 0.15) is 27.2 Å². The van der Waals surface area contributed by atoms with Gasteiger partial charge in [-0.15, -0.1) is 0 Å². The molecule has 0 aromatic heterocycles. The molecule has 1 aliphatic rings. The second-order valence-corrected chi connectivity index (χ2v) is 4.91. The summed E-state index contributed by atoms with van der Waals surface area (Å²) in [6.07, 6.45) is -0.712. The summed E-state index contributed by atoms with van der Waals surface area (Å²) >= 11 is 0. The van der Waals surface area contributed by atoms with E-state index in [1.54, 1.807) is 0 Å². The highest BCUT2D eigenvalue weighted by atomic mass is 16.6. The van der Waals surface area contributed by atoms with E-state index >= 15 is 0 Å². The van der Waals surface area contributed by atoms with Crippen LogP contribution >= 0.6 is 0 Å². The van der Waals surface area contributed by atoms with Gasteiger partial charge in [0.15, 0.2) is 6.10 Å². The van der Waals surface area contributed by atoms with Crippen LogP contribution in [0.4, 0.5) is 0 Å². The lowest BCUT2D eigenvalue weighted by Crippen LogP contribution is -2.38. The molecule has 0 bridgehead atoms. The summed E-state index contributed by atoms with van der Waals surface area (Å²) in [4.78, 5) is 32.9. The topological polar surface area (TPSA) is 98.5 Å². The van der Waals surface area contributed by atoms with Crippen LogP contribution in [0, 0.1) is 22.0 Å². The zero-order valence-corrected chi connectivity index (χ0v) is 10.7. The molecule has 0 saturated heterocycles. The number of esters is 1. The fourth-order valence-corrected chi connectivity index (χ4v) is 1.43. The Balaban J connectivity index is 2.32. The van der Waals surface area contributed by atoms with Gasteiger partial charge in [0.2, 0.25) is 6.04 Å². The van der Waals surface area contributed by atoms with Gasteiger partial charge in [0, 0.05) is 17.9 Å². The molecule has 0 aliphatic heterocycles. The minimum atomic E-state index is -0.913. The molecule has 0 radical (unpaired) electrons. The molecule has 1 aliphatic carbocycles. The predicted octanol–water partition coefficient (Wildman–Crippen LogP) is 0.355. The van der Waals surface area contributed by atoms with Gasteiger partial charge < -0.3 is 10.1 Å². The molecule has 102 valence electrons. The van der Waals surface area contributed by atoms with Crippen LogP contribution in [0.2, 0.25) is 0 Å². The zero-order chi connectivity index (χ0) is 13.9. The first-order chi connectivity index (χ1) is 8.32. The number of amides is 1. The van der Waals surface area contributed by atoms with E-state index in [2.05, 4.69) is 5.32 Å². The molecule has 1 N–H and O–H groups in total. The average Bonchev–Trinajstić information content (AvgIpc) is 3.05. The Bertz CT molecular complexity index is 355. The minimum absolute atomic E-state index is 0.201. The molecular formula is C11H18N2O5. The van der Waals surface area contributed by atoms with Crippen molar-refractivity contribution in [2.75, 3.05) is 6.54 Å². The molecule has 3 unspecified atom stereocenters. The van der Waals surface area contributed by atoms with Gasteiger partial charge in [0.25, 0.3) is 5.91 Å². The Morgan fingerprint density at radius 2 is 2.06 bits per heavy atom. The quantitative estimate of drug-likeness (QED) is 0.421. The highest BCUT2D eigenvalue weighted by Gasteiger charge is 2.55. The largest absolute Gasteiger partial charge is 0.452 e. The van der Waals surface area contributed by atoms with Crippen molar-refractivity contribution in [2.24, 2.45) is 11.8 Å². The lowest BCUT2D eigenvalue weighted by atomic mass is 10.2. The summed E-state index contributed by atoms with van der Waals surface area (Å²) in [7, 11) is 0. The van der Waals surface area contributed by atoms with Crippen molar-refractivity contribution in [1.82, 2.24) is 5.32 Å². The number of ether oxygens (including phenoxy) is 1. The van der Waals surface area contributed by atoms with Gasteiger partial charge in [-0.2, -0.15) is 0 Å². The summed E-state index contributed by atoms with van der Waals surface area (Å²) < 4.78 is 4.89. The molecule has 0 aromatic carbocycles. The van der Waals surface area contributed by atoms with Crippen LogP contribution < -0.4 is 5.32 Å². The van der Waals surface area contributed by atoms with Crippen LogP contribution in [0.5, 0.6) is 0 Å². The molecule has 7 nitrogen and oxygen atoms in total. The average molecular weight is 258 g/mol. The zero-order valence-electron chi connectivity index (χ0n) is 10.7. The number of rotatable bonds is 6. The number of nitrogens with one attached hydrogen (secondary N) is 1. The second-order valence-electron chi connectivity index (χ2n) is 4.91. The lowest BCUT2D eigenvalue weighted by Gasteiger charge is -2.14. The lowest BCUT2D eigenvalue weighted by molar-refractivity contribution is -0.497. The van der Waals surface area contributed by atoms with Gasteiger partial charge in [0.05, 0.1) is 0 Å². The van der Waals surface area contributed by atoms with Gasteiger partial charge in [-0.1, -0.05) is 13.8 Å². The monoisotopic (exact) mass is 258 g/mol. The maximum absolute atomic E-state index is 11.5. The molecule has 18 heavy (non-hydrogen) atoms. The molecule has 1 fully saturated rings. The highest BCUT2D eigenvalue weighted by Crippen LogP contribution is 2.34. The van der Waals surface area contributed by atoms with Gasteiger partial charge in [-0.3, -0.25) is 19.7 Å². The number of carbonyl (C=O) groups excluding carboxylic acids is 2. The van der Waals surface area contributed by atoms with E-state index < -0.39 is 29.0 Å². The Morgan fingerprint density at radius 1 is 1.44 bits per heavy atom. The molecule has 0 heterocycles. The number of carbonyl (C=O) groups is 2. The molecule has 1 amide bonds. The molecule has 1 rings (SSSR count). The SMILES string of the molecule is CC(C)CNC(=O)C(C)OC(=O)C1CC1[N+](=O)[O-]. The summed E-state index contributed by atoms with van der Waals surface area (Å²) in [5.74, 6) is -1.43. The van der Waals surface area contributed by atoms with Crippen LogP contribution in [-0.2, 0) is 14.3 Å². The maximum atomic E-state index is 11.5. The third-order valence-electron chi connectivity index (χ3n) is 2.68. The van der Waals surface area contributed by atoms with E-state index in [4.69, 9.17) is 4.74 Å². The molecule has 0 spiro atoms. The van der Waals surface area contributed by atoms with E-state index in [0.29, 0.717) is 12.5 Å². The third-order valence-corrected chi connectivity index (χ3v) is 2.68. The molecular weight excluding hydrogens is 240 g/mol. The Morgan fingerprint density at radius 3 is 2.50 bits per heavy atom. The molecule has 7 heteroatoms. The van der Waals surface area contributed by atoms with Crippen molar-refractivity contribution >= 4 is 11.9 Å². The van der Waals surface area contributed by atoms with Crippen molar-refractivity contribution in [1.29, 1.82) is 0 Å². The van der Waals surface area contributed by atoms with E-state index in [1.165, 1.54) is 6.92 Å². The van der Waals surface area contributed by atoms with Crippen molar-refractivity contribution in [3.05, 3.63) is 10.1 Å². The van der Waals surface area contributed by atoms with E-state index in [-0.39, 0.29) is 12.3 Å². The van der Waals surface area contributed by atoms with Crippen molar-refractivity contribution in [2.45, 2.75) is 39.3 Å². The summed E-state index contributed by atoms with van der Waals surface area (Å²) in [5, 5.41) is 13.0. The summed E-state index contributed by atoms with van der Waals surface area (Å²) in [6, 6.07) is -0.844. The van der Waals surface area contributed by atoms with Crippen molar-refractivity contribution in [3.8, 4) is 0 Å². The van der Waals surface area contributed by atoms with Crippen LogP contribution in [0.3, 0.4) is 0 Å². The Labute approximate surface area is 105 Å². The first-order valence-electron chi connectivity index (χ1n) is 5.94. The van der Waals surface area contributed by atoms with E-state index in [9.17, 15) is 19.7 Å². The van der Waals surface area contributed by atoms with Gasteiger partial charge in [-0.05, 0) is 12.8 Å². The van der Waals surface area contributed by atoms with Gasteiger partial charge in [0.1, 0.15) is 5.92 Å².